The summed E-state index contributed by atoms with van der Waals surface area (Å²) in [6.45, 7) is 0.518. The first-order valence-electron chi connectivity index (χ1n) is 6.14. The highest BCUT2D eigenvalue weighted by atomic mass is 79.9. The van der Waals surface area contributed by atoms with Gasteiger partial charge in [0.2, 0.25) is 0 Å². The van der Waals surface area contributed by atoms with Gasteiger partial charge in [0.15, 0.2) is 0 Å². The second-order valence-corrected chi connectivity index (χ2v) is 5.25. The van der Waals surface area contributed by atoms with Crippen molar-refractivity contribution in [1.29, 1.82) is 0 Å². The van der Waals surface area contributed by atoms with Crippen LogP contribution in [0.5, 0.6) is 0 Å². The molecule has 0 amide bonds. The minimum absolute atomic E-state index is 0.125. The van der Waals surface area contributed by atoms with Crippen molar-refractivity contribution in [1.82, 2.24) is 0 Å². The Labute approximate surface area is 121 Å². The van der Waals surface area contributed by atoms with Gasteiger partial charge in [-0.2, -0.15) is 0 Å². The lowest BCUT2D eigenvalue weighted by molar-refractivity contribution is 0.621. The van der Waals surface area contributed by atoms with Crippen molar-refractivity contribution in [2.75, 3.05) is 11.9 Å². The fraction of sp³-hybridized carbons (Fsp3) is 0.200. The summed E-state index contributed by atoms with van der Waals surface area (Å²) in [5, 5.41) is 3.32. The quantitative estimate of drug-likeness (QED) is 0.883. The topological polar surface area (TPSA) is 38.0 Å². The van der Waals surface area contributed by atoms with Crippen LogP contribution in [-0.2, 0) is 6.42 Å². The molecule has 0 saturated carbocycles. The molecule has 1 atom stereocenters. The maximum Gasteiger partial charge on any atom is 0.137 e. The molecule has 100 valence electrons. The fourth-order valence-electron chi connectivity index (χ4n) is 1.91. The van der Waals surface area contributed by atoms with Crippen LogP contribution in [0.2, 0.25) is 0 Å². The zero-order valence-corrected chi connectivity index (χ0v) is 12.0. The fourth-order valence-corrected chi connectivity index (χ4v) is 2.29. The smallest absolute Gasteiger partial charge is 0.137 e. The predicted molar refractivity (Wildman–Crippen MR) is 80.7 cm³/mol. The second-order valence-electron chi connectivity index (χ2n) is 4.40. The Morgan fingerprint density at radius 3 is 2.53 bits per heavy atom. The van der Waals surface area contributed by atoms with E-state index in [4.69, 9.17) is 5.73 Å². The van der Waals surface area contributed by atoms with Crippen molar-refractivity contribution in [2.24, 2.45) is 5.73 Å². The average molecular weight is 323 g/mol. The largest absolute Gasteiger partial charge is 0.381 e. The van der Waals surface area contributed by atoms with E-state index in [2.05, 4.69) is 33.4 Å². The van der Waals surface area contributed by atoms with Gasteiger partial charge in [-0.1, -0.05) is 30.3 Å². The maximum atomic E-state index is 13.2. The standard InChI is InChI=1S/C15H16BrFN2/c16-14-9-12(6-7-15(14)17)19-13(10-18)8-11-4-2-1-3-5-11/h1-7,9,13,19H,8,10,18H2. The minimum Gasteiger partial charge on any atom is -0.381 e. The Morgan fingerprint density at radius 2 is 1.89 bits per heavy atom. The van der Waals surface area contributed by atoms with Crippen LogP contribution in [0.4, 0.5) is 10.1 Å². The van der Waals surface area contributed by atoms with Crippen molar-refractivity contribution < 1.29 is 4.39 Å². The van der Waals surface area contributed by atoms with Gasteiger partial charge in [-0.05, 0) is 46.1 Å². The number of hydrogen-bond acceptors (Lipinski definition) is 2. The molecule has 0 radical (unpaired) electrons. The van der Waals surface area contributed by atoms with Crippen molar-refractivity contribution in [3.8, 4) is 0 Å². The maximum absolute atomic E-state index is 13.2. The van der Waals surface area contributed by atoms with Gasteiger partial charge in [-0.25, -0.2) is 4.39 Å². The molecule has 2 aromatic rings. The van der Waals surface area contributed by atoms with E-state index < -0.39 is 0 Å². The van der Waals surface area contributed by atoms with E-state index >= 15 is 0 Å². The number of anilines is 1. The zero-order chi connectivity index (χ0) is 13.7. The Balaban J connectivity index is 2.04. The molecule has 19 heavy (non-hydrogen) atoms. The van der Waals surface area contributed by atoms with Crippen molar-refractivity contribution in [3.63, 3.8) is 0 Å². The van der Waals surface area contributed by atoms with Gasteiger partial charge in [-0.15, -0.1) is 0 Å². The first-order chi connectivity index (χ1) is 9.19. The highest BCUT2D eigenvalue weighted by Crippen LogP contribution is 2.21. The molecular formula is C15H16BrFN2. The van der Waals surface area contributed by atoms with Crippen LogP contribution >= 0.6 is 15.9 Å². The van der Waals surface area contributed by atoms with Crippen LogP contribution in [0.15, 0.2) is 53.0 Å². The molecular weight excluding hydrogens is 307 g/mol. The molecule has 4 heteroatoms. The monoisotopic (exact) mass is 322 g/mol. The van der Waals surface area contributed by atoms with E-state index in [1.54, 1.807) is 12.1 Å². The Hall–Kier alpha value is -1.39. The molecule has 0 aliphatic rings. The summed E-state index contributed by atoms with van der Waals surface area (Å²) in [6, 6.07) is 15.2. The Morgan fingerprint density at radius 1 is 1.16 bits per heavy atom. The van der Waals surface area contributed by atoms with Gasteiger partial charge in [-0.3, -0.25) is 0 Å². The summed E-state index contributed by atoms with van der Waals surface area (Å²) in [5.41, 5.74) is 7.88. The van der Waals surface area contributed by atoms with Crippen LogP contribution in [0.1, 0.15) is 5.56 Å². The third kappa shape index (κ3) is 4.04. The third-order valence-corrected chi connectivity index (χ3v) is 3.51. The lowest BCUT2D eigenvalue weighted by Crippen LogP contribution is -2.31. The lowest BCUT2D eigenvalue weighted by atomic mass is 10.1. The van der Waals surface area contributed by atoms with Gasteiger partial charge >= 0.3 is 0 Å². The molecule has 2 aromatic carbocycles. The normalized spacial score (nSPS) is 12.2. The Kier molecular flexibility index (Phi) is 4.93. The van der Waals surface area contributed by atoms with E-state index in [0.29, 0.717) is 11.0 Å². The number of rotatable bonds is 5. The summed E-state index contributed by atoms with van der Waals surface area (Å²) in [6.07, 6.45) is 0.840. The molecule has 0 aromatic heterocycles. The van der Waals surface area contributed by atoms with Crippen LogP contribution in [0.25, 0.3) is 0 Å². The summed E-state index contributed by atoms with van der Waals surface area (Å²) in [7, 11) is 0. The van der Waals surface area contributed by atoms with E-state index in [-0.39, 0.29) is 11.9 Å². The molecule has 0 aliphatic heterocycles. The molecule has 1 unspecified atom stereocenters. The third-order valence-electron chi connectivity index (χ3n) is 2.90. The number of halogens is 2. The molecule has 0 spiro atoms. The Bertz CT molecular complexity index is 531. The van der Waals surface area contributed by atoms with Crippen LogP contribution in [0.3, 0.4) is 0 Å². The van der Waals surface area contributed by atoms with Gasteiger partial charge in [0.25, 0.3) is 0 Å². The molecule has 3 N–H and O–H groups in total. The van der Waals surface area contributed by atoms with E-state index in [1.165, 1.54) is 11.6 Å². The predicted octanol–water partition coefficient (Wildman–Crippen LogP) is 3.57. The van der Waals surface area contributed by atoms with Crippen molar-refractivity contribution >= 4 is 21.6 Å². The molecule has 2 rings (SSSR count). The molecule has 0 fully saturated rings. The SMILES string of the molecule is NCC(Cc1ccccc1)Nc1ccc(F)c(Br)c1. The molecule has 0 bridgehead atoms. The lowest BCUT2D eigenvalue weighted by Gasteiger charge is -2.18. The van der Waals surface area contributed by atoms with E-state index in [1.807, 2.05) is 18.2 Å². The van der Waals surface area contributed by atoms with E-state index in [9.17, 15) is 4.39 Å². The second kappa shape index (κ2) is 6.68. The summed E-state index contributed by atoms with van der Waals surface area (Å²) in [4.78, 5) is 0. The van der Waals surface area contributed by atoms with Crippen molar-refractivity contribution in [2.45, 2.75) is 12.5 Å². The summed E-state index contributed by atoms with van der Waals surface area (Å²) >= 11 is 3.18. The van der Waals surface area contributed by atoms with Crippen LogP contribution < -0.4 is 11.1 Å². The van der Waals surface area contributed by atoms with Gasteiger partial charge in [0.05, 0.1) is 4.47 Å². The molecule has 2 nitrogen and oxygen atoms in total. The number of hydrogen-bond donors (Lipinski definition) is 2. The number of nitrogens with one attached hydrogen (secondary N) is 1. The highest BCUT2D eigenvalue weighted by Gasteiger charge is 2.08. The first kappa shape index (κ1) is 14.0. The highest BCUT2D eigenvalue weighted by molar-refractivity contribution is 9.10. The van der Waals surface area contributed by atoms with Crippen LogP contribution in [0, 0.1) is 5.82 Å². The summed E-state index contributed by atoms with van der Waals surface area (Å²) in [5.74, 6) is -0.266. The van der Waals surface area contributed by atoms with Gasteiger partial charge < -0.3 is 11.1 Å². The zero-order valence-electron chi connectivity index (χ0n) is 10.4. The van der Waals surface area contributed by atoms with Gasteiger partial charge in [0, 0.05) is 18.3 Å². The average Bonchev–Trinajstić information content (AvgIpc) is 2.43. The van der Waals surface area contributed by atoms with Crippen molar-refractivity contribution in [3.05, 3.63) is 64.4 Å². The summed E-state index contributed by atoms with van der Waals surface area (Å²) < 4.78 is 13.6. The first-order valence-corrected chi connectivity index (χ1v) is 6.94. The molecule has 0 aliphatic carbocycles. The minimum atomic E-state index is -0.266. The molecule has 0 heterocycles. The van der Waals surface area contributed by atoms with E-state index in [0.717, 1.165) is 12.1 Å². The number of nitrogens with two attached hydrogens (primary N) is 1. The van der Waals surface area contributed by atoms with Gasteiger partial charge in [0.1, 0.15) is 5.82 Å². The van der Waals surface area contributed by atoms with Crippen LogP contribution in [-0.4, -0.2) is 12.6 Å². The molecule has 0 saturated heterocycles. The number of benzene rings is 2.